The van der Waals surface area contributed by atoms with E-state index in [1.165, 1.54) is 35.7 Å². The molecule has 1 aromatic heterocycles. The van der Waals surface area contributed by atoms with E-state index in [4.69, 9.17) is 5.11 Å². The van der Waals surface area contributed by atoms with Crippen LogP contribution in [0.4, 0.5) is 0 Å². The third-order valence-electron chi connectivity index (χ3n) is 5.88. The van der Waals surface area contributed by atoms with Crippen molar-refractivity contribution in [1.29, 1.82) is 0 Å². The lowest BCUT2D eigenvalue weighted by atomic mass is 9.87. The normalized spacial score (nSPS) is 11.6. The lowest BCUT2D eigenvalue weighted by Gasteiger charge is -2.18. The summed E-state index contributed by atoms with van der Waals surface area (Å²) in [4.78, 5) is 23.4. The van der Waals surface area contributed by atoms with Crippen molar-refractivity contribution in [3.63, 3.8) is 0 Å². The molecule has 0 aliphatic heterocycles. The molecule has 4 aromatic rings. The number of benzene rings is 3. The largest absolute Gasteiger partial charge is 0.478 e. The number of hydrogen-bond acceptors (Lipinski definition) is 5. The minimum Gasteiger partial charge on any atom is -0.478 e. The zero-order chi connectivity index (χ0) is 27.3. The molecule has 0 saturated heterocycles. The number of aromatic amines is 1. The van der Waals surface area contributed by atoms with Crippen molar-refractivity contribution in [3.8, 4) is 17.1 Å². The van der Waals surface area contributed by atoms with Crippen LogP contribution in [0, 0.1) is 6.92 Å². The summed E-state index contributed by atoms with van der Waals surface area (Å²) in [7, 11) is 0. The molecule has 0 atom stereocenters. The highest BCUT2D eigenvalue weighted by molar-refractivity contribution is 7.99. The van der Waals surface area contributed by atoms with Crippen molar-refractivity contribution < 1.29 is 19.3 Å². The summed E-state index contributed by atoms with van der Waals surface area (Å²) in [5, 5.41) is 21.3. The molecule has 9 heteroatoms. The number of hydrazone groups is 1. The van der Waals surface area contributed by atoms with E-state index in [9.17, 15) is 9.59 Å². The van der Waals surface area contributed by atoms with Crippen molar-refractivity contribution in [2.24, 2.45) is 5.10 Å². The third-order valence-corrected chi connectivity index (χ3v) is 6.82. The number of carboxylic acid groups (broad SMARTS) is 1. The first-order valence-electron chi connectivity index (χ1n) is 12.1. The van der Waals surface area contributed by atoms with Gasteiger partial charge in [-0.05, 0) is 71.6 Å². The highest BCUT2D eigenvalue weighted by Gasteiger charge is 2.25. The van der Waals surface area contributed by atoms with E-state index in [-0.39, 0.29) is 22.6 Å². The summed E-state index contributed by atoms with van der Waals surface area (Å²) in [5.74, 6) is -0.359. The molecule has 0 bridgehead atoms. The number of rotatable bonds is 8. The van der Waals surface area contributed by atoms with Gasteiger partial charge in [0.15, 0.2) is 0 Å². The lowest BCUT2D eigenvalue weighted by molar-refractivity contribution is -0.625. The van der Waals surface area contributed by atoms with Crippen molar-refractivity contribution in [3.05, 3.63) is 95.1 Å². The molecule has 38 heavy (non-hydrogen) atoms. The first-order valence-corrected chi connectivity index (χ1v) is 13.1. The van der Waals surface area contributed by atoms with Gasteiger partial charge in [-0.2, -0.15) is 9.67 Å². The molecule has 0 aliphatic rings. The van der Waals surface area contributed by atoms with Gasteiger partial charge in [-0.15, -0.1) is 5.10 Å². The van der Waals surface area contributed by atoms with E-state index in [1.807, 2.05) is 35.8 Å². The Morgan fingerprint density at radius 1 is 1.03 bits per heavy atom. The molecule has 0 spiro atoms. The molecule has 0 saturated carbocycles. The number of aromatic nitrogens is 3. The fraction of sp³-hybridized carbons (Fsp3) is 0.207. The molecular formula is C29H30N5O3S+. The van der Waals surface area contributed by atoms with Gasteiger partial charge in [0.05, 0.1) is 28.2 Å². The van der Waals surface area contributed by atoms with E-state index < -0.39 is 5.97 Å². The second kappa shape index (κ2) is 11.4. The monoisotopic (exact) mass is 528 g/mol. The zero-order valence-corrected chi connectivity index (χ0v) is 22.5. The van der Waals surface area contributed by atoms with E-state index in [0.29, 0.717) is 10.7 Å². The van der Waals surface area contributed by atoms with E-state index in [1.54, 1.807) is 12.1 Å². The van der Waals surface area contributed by atoms with E-state index in [0.717, 1.165) is 22.6 Å². The predicted octanol–water partition coefficient (Wildman–Crippen LogP) is 4.90. The number of carboxylic acids is 1. The maximum atomic E-state index is 12.5. The van der Waals surface area contributed by atoms with Crippen LogP contribution < -0.4 is 9.99 Å². The topological polar surface area (TPSA) is 111 Å². The minimum absolute atomic E-state index is 0.0538. The number of H-pyrrole nitrogens is 1. The van der Waals surface area contributed by atoms with E-state index >= 15 is 0 Å². The second-order valence-corrected chi connectivity index (χ2v) is 10.8. The third kappa shape index (κ3) is 6.54. The molecule has 194 valence electrons. The van der Waals surface area contributed by atoms with Gasteiger partial charge in [0.1, 0.15) is 5.69 Å². The molecule has 0 aliphatic carbocycles. The van der Waals surface area contributed by atoms with Crippen molar-refractivity contribution in [2.75, 3.05) is 5.75 Å². The number of nitrogens with one attached hydrogen (secondary N) is 2. The molecule has 1 heterocycles. The van der Waals surface area contributed by atoms with Crippen molar-refractivity contribution in [2.45, 2.75) is 38.3 Å². The Bertz CT molecular complexity index is 1450. The quantitative estimate of drug-likeness (QED) is 0.130. The average Bonchev–Trinajstić information content (AvgIpc) is 3.32. The first kappa shape index (κ1) is 26.8. The predicted molar refractivity (Wildman–Crippen MR) is 149 cm³/mol. The van der Waals surface area contributed by atoms with Gasteiger partial charge < -0.3 is 5.11 Å². The SMILES string of the molecule is Cc1ccc(-[n+]2c(SCC(=O)NN=Cc3ccc(C(=O)O)cc3)n[nH]c2-c2ccc(C(C)(C)C)cc2)cc1. The Kier molecular flexibility index (Phi) is 8.07. The molecule has 4 rings (SSSR count). The van der Waals surface area contributed by atoms with Gasteiger partial charge in [0, 0.05) is 0 Å². The van der Waals surface area contributed by atoms with Crippen LogP contribution >= 0.6 is 11.8 Å². The van der Waals surface area contributed by atoms with Gasteiger partial charge in [-0.25, -0.2) is 10.2 Å². The van der Waals surface area contributed by atoms with Gasteiger partial charge in [0.25, 0.3) is 11.7 Å². The fourth-order valence-corrected chi connectivity index (χ4v) is 4.46. The van der Waals surface area contributed by atoms with Gasteiger partial charge >= 0.3 is 11.1 Å². The Morgan fingerprint density at radius 2 is 1.68 bits per heavy atom. The van der Waals surface area contributed by atoms with Crippen molar-refractivity contribution >= 4 is 29.9 Å². The molecule has 0 radical (unpaired) electrons. The Balaban J connectivity index is 1.50. The van der Waals surface area contributed by atoms with Crippen LogP contribution in [-0.4, -0.2) is 39.1 Å². The van der Waals surface area contributed by atoms with Crippen LogP contribution in [0.5, 0.6) is 0 Å². The summed E-state index contributed by atoms with van der Waals surface area (Å²) >= 11 is 1.30. The molecule has 8 nitrogen and oxygen atoms in total. The highest BCUT2D eigenvalue weighted by atomic mass is 32.2. The molecule has 1 amide bonds. The average molecular weight is 529 g/mol. The zero-order valence-electron chi connectivity index (χ0n) is 21.7. The number of hydrogen-bond donors (Lipinski definition) is 3. The van der Waals surface area contributed by atoms with Gasteiger partial charge in [0.2, 0.25) is 0 Å². The van der Waals surface area contributed by atoms with Crippen molar-refractivity contribution in [1.82, 2.24) is 15.6 Å². The molecular weight excluding hydrogens is 498 g/mol. The number of amides is 1. The molecule has 3 aromatic carbocycles. The van der Waals surface area contributed by atoms with Crippen LogP contribution in [0.3, 0.4) is 0 Å². The summed E-state index contributed by atoms with van der Waals surface area (Å²) in [5.41, 5.74) is 7.74. The Labute approximate surface area is 225 Å². The van der Waals surface area contributed by atoms with Gasteiger partial charge in [-0.3, -0.25) is 4.79 Å². The number of nitrogens with zero attached hydrogens (tertiary/aromatic N) is 3. The summed E-state index contributed by atoms with van der Waals surface area (Å²) in [6.45, 7) is 8.59. The first-order chi connectivity index (χ1) is 18.1. The van der Waals surface area contributed by atoms with Crippen LogP contribution in [0.15, 0.2) is 83.1 Å². The number of aryl methyl sites for hydroxylation is 1. The van der Waals surface area contributed by atoms with Crippen LogP contribution in [0.1, 0.15) is 47.8 Å². The smallest absolute Gasteiger partial charge is 0.342 e. The Morgan fingerprint density at radius 3 is 2.29 bits per heavy atom. The summed E-state index contributed by atoms with van der Waals surface area (Å²) in [6, 6.07) is 22.8. The highest BCUT2D eigenvalue weighted by Crippen LogP contribution is 2.26. The van der Waals surface area contributed by atoms with Crippen LogP contribution in [-0.2, 0) is 10.2 Å². The van der Waals surface area contributed by atoms with Crippen LogP contribution in [0.25, 0.3) is 17.1 Å². The standard InChI is InChI=1S/C29H29N5O3S/c1-19-5-15-24(16-6-19)34-26(21-11-13-23(14-12-21)29(2,3)4)32-33-28(34)38-18-25(35)31-30-17-20-7-9-22(10-8-20)27(36)37/h5-17H,18H2,1-4H3,(H2,31,35,36,37)/p+1. The lowest BCUT2D eigenvalue weighted by Crippen LogP contribution is -2.34. The summed E-state index contributed by atoms with van der Waals surface area (Å²) in [6.07, 6.45) is 1.47. The molecule has 3 N–H and O–H groups in total. The molecule has 0 fully saturated rings. The minimum atomic E-state index is -0.995. The van der Waals surface area contributed by atoms with Gasteiger partial charge in [-0.1, -0.05) is 62.7 Å². The number of carbonyl (C=O) groups excluding carboxylic acids is 1. The number of thioether (sulfide) groups is 1. The molecule has 0 unspecified atom stereocenters. The second-order valence-electron chi connectivity index (χ2n) is 9.86. The van der Waals surface area contributed by atoms with Crippen LogP contribution in [0.2, 0.25) is 0 Å². The maximum absolute atomic E-state index is 12.5. The fourth-order valence-electron chi connectivity index (χ4n) is 3.70. The Hall–Kier alpha value is -4.24. The number of carbonyl (C=O) groups is 2. The maximum Gasteiger partial charge on any atom is 0.342 e. The van der Waals surface area contributed by atoms with E-state index in [2.05, 4.69) is 65.8 Å². The number of aromatic carboxylic acids is 1. The summed E-state index contributed by atoms with van der Waals surface area (Å²) < 4.78 is 2.01.